The number of hydrogen-bond donors (Lipinski definition) is 1. The second-order valence-electron chi connectivity index (χ2n) is 4.83. The Bertz CT molecular complexity index is 618. The van der Waals surface area contributed by atoms with Gasteiger partial charge in [0, 0.05) is 24.7 Å². The summed E-state index contributed by atoms with van der Waals surface area (Å²) in [6, 6.07) is 3.66. The van der Waals surface area contributed by atoms with Gasteiger partial charge in [0.25, 0.3) is 0 Å². The molecule has 0 radical (unpaired) electrons. The van der Waals surface area contributed by atoms with E-state index in [0.29, 0.717) is 6.42 Å². The fourth-order valence-electron chi connectivity index (χ4n) is 2.24. The minimum Gasteiger partial charge on any atom is -0.406 e. The number of benzene rings is 1. The minimum atomic E-state index is -4.87. The number of sulfonamides is 1. The molecule has 0 aliphatic carbocycles. The van der Waals surface area contributed by atoms with E-state index in [1.165, 1.54) is 16.4 Å². The van der Waals surface area contributed by atoms with Gasteiger partial charge in [-0.15, -0.1) is 13.2 Å². The zero-order chi connectivity index (χ0) is 15.8. The van der Waals surface area contributed by atoms with Crippen molar-refractivity contribution >= 4 is 10.0 Å². The zero-order valence-electron chi connectivity index (χ0n) is 11.2. The Labute approximate surface area is 120 Å². The molecule has 0 spiro atoms. The van der Waals surface area contributed by atoms with Crippen molar-refractivity contribution < 1.29 is 26.3 Å². The zero-order valence-corrected chi connectivity index (χ0v) is 12.0. The SMILES string of the molecule is CC1C(N)CCN1S(=O)(=O)c1cccc(OC(F)(F)F)c1. The number of alkyl halides is 3. The quantitative estimate of drug-likeness (QED) is 0.918. The molecule has 1 saturated heterocycles. The number of nitrogens with zero attached hydrogens (tertiary/aromatic N) is 1. The molecule has 0 aromatic heterocycles. The summed E-state index contributed by atoms with van der Waals surface area (Å²) in [6.45, 7) is 1.92. The molecule has 1 heterocycles. The molecule has 1 aromatic rings. The normalized spacial score (nSPS) is 24.2. The van der Waals surface area contributed by atoms with E-state index in [2.05, 4.69) is 4.74 Å². The van der Waals surface area contributed by atoms with Gasteiger partial charge in [0.05, 0.1) is 4.90 Å². The lowest BCUT2D eigenvalue weighted by atomic mass is 10.2. The fraction of sp³-hybridized carbons (Fsp3) is 0.500. The molecule has 5 nitrogen and oxygen atoms in total. The van der Waals surface area contributed by atoms with E-state index in [4.69, 9.17) is 5.73 Å². The number of rotatable bonds is 3. The molecular formula is C12H15F3N2O3S. The first-order valence-electron chi connectivity index (χ1n) is 6.24. The molecule has 0 amide bonds. The van der Waals surface area contributed by atoms with Crippen molar-refractivity contribution in [1.29, 1.82) is 0 Å². The van der Waals surface area contributed by atoms with Gasteiger partial charge in [0.15, 0.2) is 0 Å². The lowest BCUT2D eigenvalue weighted by molar-refractivity contribution is -0.274. The maximum absolute atomic E-state index is 12.4. The van der Waals surface area contributed by atoms with E-state index in [0.717, 1.165) is 12.1 Å². The molecule has 2 atom stereocenters. The summed E-state index contributed by atoms with van der Waals surface area (Å²) < 4.78 is 66.4. The highest BCUT2D eigenvalue weighted by atomic mass is 32.2. The van der Waals surface area contributed by atoms with Crippen LogP contribution in [-0.4, -0.2) is 37.7 Å². The van der Waals surface area contributed by atoms with Crippen LogP contribution in [0.25, 0.3) is 0 Å². The van der Waals surface area contributed by atoms with Gasteiger partial charge in [0.2, 0.25) is 10.0 Å². The maximum Gasteiger partial charge on any atom is 0.573 e. The van der Waals surface area contributed by atoms with E-state index in [1.54, 1.807) is 6.92 Å². The summed E-state index contributed by atoms with van der Waals surface area (Å²) in [5.74, 6) is -0.570. The van der Waals surface area contributed by atoms with Gasteiger partial charge in [-0.05, 0) is 25.5 Å². The molecule has 2 N–H and O–H groups in total. The minimum absolute atomic E-state index is 0.245. The van der Waals surface area contributed by atoms with Crippen molar-refractivity contribution in [3.8, 4) is 5.75 Å². The summed E-state index contributed by atoms with van der Waals surface area (Å²) in [5, 5.41) is 0. The van der Waals surface area contributed by atoms with Gasteiger partial charge in [0.1, 0.15) is 5.75 Å². The molecule has 2 unspecified atom stereocenters. The Hall–Kier alpha value is -1.32. The van der Waals surface area contributed by atoms with Crippen LogP contribution in [0.2, 0.25) is 0 Å². The average Bonchev–Trinajstić information content (AvgIpc) is 2.69. The van der Waals surface area contributed by atoms with Crippen LogP contribution in [-0.2, 0) is 10.0 Å². The van der Waals surface area contributed by atoms with Crippen LogP contribution < -0.4 is 10.5 Å². The topological polar surface area (TPSA) is 72.6 Å². The van der Waals surface area contributed by atoms with Crippen LogP contribution in [0.3, 0.4) is 0 Å². The third-order valence-corrected chi connectivity index (χ3v) is 5.38. The van der Waals surface area contributed by atoms with Gasteiger partial charge in [-0.2, -0.15) is 4.31 Å². The lowest BCUT2D eigenvalue weighted by Crippen LogP contribution is -2.40. The van der Waals surface area contributed by atoms with E-state index in [1.807, 2.05) is 0 Å². The second-order valence-corrected chi connectivity index (χ2v) is 6.72. The fourth-order valence-corrected chi connectivity index (χ4v) is 3.97. The molecule has 1 aliphatic heterocycles. The molecule has 2 rings (SSSR count). The van der Waals surface area contributed by atoms with E-state index >= 15 is 0 Å². The van der Waals surface area contributed by atoms with Crippen LogP contribution in [0.1, 0.15) is 13.3 Å². The molecule has 1 aromatic carbocycles. The first-order valence-corrected chi connectivity index (χ1v) is 7.68. The summed E-state index contributed by atoms with van der Waals surface area (Å²) in [4.78, 5) is -0.245. The molecule has 9 heteroatoms. The van der Waals surface area contributed by atoms with E-state index in [-0.39, 0.29) is 17.5 Å². The summed E-state index contributed by atoms with van der Waals surface area (Å²) in [7, 11) is -3.89. The lowest BCUT2D eigenvalue weighted by Gasteiger charge is -2.23. The van der Waals surface area contributed by atoms with Gasteiger partial charge in [-0.1, -0.05) is 6.07 Å². The molecule has 0 bridgehead atoms. The van der Waals surface area contributed by atoms with Crippen molar-refractivity contribution in [1.82, 2.24) is 4.31 Å². The Morgan fingerprint density at radius 3 is 2.57 bits per heavy atom. The van der Waals surface area contributed by atoms with Crippen molar-refractivity contribution in [2.75, 3.05) is 6.54 Å². The Morgan fingerprint density at radius 1 is 1.38 bits per heavy atom. The summed E-state index contributed by atoms with van der Waals surface area (Å²) in [5.41, 5.74) is 5.78. The molecule has 1 aliphatic rings. The Kier molecular flexibility index (Phi) is 4.18. The highest BCUT2D eigenvalue weighted by molar-refractivity contribution is 7.89. The number of nitrogens with two attached hydrogens (primary N) is 1. The number of halogens is 3. The van der Waals surface area contributed by atoms with Crippen LogP contribution >= 0.6 is 0 Å². The average molecular weight is 324 g/mol. The summed E-state index contributed by atoms with van der Waals surface area (Å²) >= 11 is 0. The molecule has 0 saturated carbocycles. The first kappa shape index (κ1) is 16.1. The van der Waals surface area contributed by atoms with Crippen LogP contribution in [0.15, 0.2) is 29.2 Å². The first-order chi connectivity index (χ1) is 9.61. The molecule has 1 fully saturated rings. The number of hydrogen-bond acceptors (Lipinski definition) is 4. The van der Waals surface area contributed by atoms with Gasteiger partial charge >= 0.3 is 6.36 Å². The van der Waals surface area contributed by atoms with Gasteiger partial charge in [-0.3, -0.25) is 0 Å². The van der Waals surface area contributed by atoms with Crippen molar-refractivity contribution in [2.24, 2.45) is 5.73 Å². The molecule has 118 valence electrons. The molecule has 21 heavy (non-hydrogen) atoms. The van der Waals surface area contributed by atoms with Crippen LogP contribution in [0.4, 0.5) is 13.2 Å². The van der Waals surface area contributed by atoms with Crippen LogP contribution in [0.5, 0.6) is 5.75 Å². The van der Waals surface area contributed by atoms with Crippen molar-refractivity contribution in [3.63, 3.8) is 0 Å². The monoisotopic (exact) mass is 324 g/mol. The van der Waals surface area contributed by atoms with Crippen molar-refractivity contribution in [3.05, 3.63) is 24.3 Å². The van der Waals surface area contributed by atoms with E-state index in [9.17, 15) is 21.6 Å². The molecular weight excluding hydrogens is 309 g/mol. The third kappa shape index (κ3) is 3.47. The van der Waals surface area contributed by atoms with E-state index < -0.39 is 28.2 Å². The van der Waals surface area contributed by atoms with Gasteiger partial charge in [-0.25, -0.2) is 8.42 Å². The highest BCUT2D eigenvalue weighted by Gasteiger charge is 2.38. The standard InChI is InChI=1S/C12H15F3N2O3S/c1-8-11(16)5-6-17(8)21(18,19)10-4-2-3-9(7-10)20-12(13,14)15/h2-4,7-8,11H,5-6,16H2,1H3. The second kappa shape index (κ2) is 5.47. The highest BCUT2D eigenvalue weighted by Crippen LogP contribution is 2.29. The van der Waals surface area contributed by atoms with Crippen LogP contribution in [0, 0.1) is 0 Å². The predicted molar refractivity (Wildman–Crippen MR) is 69.1 cm³/mol. The van der Waals surface area contributed by atoms with Gasteiger partial charge < -0.3 is 10.5 Å². The largest absolute Gasteiger partial charge is 0.573 e. The third-order valence-electron chi connectivity index (χ3n) is 3.40. The Balaban J connectivity index is 2.31. The smallest absolute Gasteiger partial charge is 0.406 e. The Morgan fingerprint density at radius 2 is 2.05 bits per heavy atom. The predicted octanol–water partition coefficient (Wildman–Crippen LogP) is 1.70. The maximum atomic E-state index is 12.4. The van der Waals surface area contributed by atoms with Crippen molar-refractivity contribution in [2.45, 2.75) is 36.7 Å². The summed E-state index contributed by atoms with van der Waals surface area (Å²) in [6.07, 6.45) is -4.36. The number of ether oxygens (including phenoxy) is 1.